The lowest BCUT2D eigenvalue weighted by Crippen LogP contribution is -2.43. The van der Waals surface area contributed by atoms with Gasteiger partial charge in [-0.3, -0.25) is 9.59 Å². The zero-order chi connectivity index (χ0) is 16.9. The summed E-state index contributed by atoms with van der Waals surface area (Å²) in [4.78, 5) is 29.0. The number of benzene rings is 1. The van der Waals surface area contributed by atoms with Crippen LogP contribution in [0.5, 0.6) is 0 Å². The normalized spacial score (nSPS) is 21.7. The highest BCUT2D eigenvalue weighted by molar-refractivity contribution is 5.80. The van der Waals surface area contributed by atoms with Crippen molar-refractivity contribution in [3.8, 4) is 0 Å². The van der Waals surface area contributed by atoms with E-state index in [0.29, 0.717) is 32.5 Å². The second-order valence-electron chi connectivity index (χ2n) is 7.14. The van der Waals surface area contributed by atoms with Crippen molar-refractivity contribution < 1.29 is 9.59 Å². The average Bonchev–Trinajstić information content (AvgIpc) is 3.43. The molecule has 0 N–H and O–H groups in total. The van der Waals surface area contributed by atoms with Gasteiger partial charge in [-0.1, -0.05) is 50.1 Å². The molecule has 1 heterocycles. The number of rotatable bonds is 6. The second kappa shape index (κ2) is 7.82. The van der Waals surface area contributed by atoms with Crippen LogP contribution in [0.4, 0.5) is 0 Å². The molecule has 1 atom stereocenters. The third-order valence-electron chi connectivity index (χ3n) is 5.27. The van der Waals surface area contributed by atoms with Gasteiger partial charge in [-0.2, -0.15) is 0 Å². The largest absolute Gasteiger partial charge is 0.340 e. The van der Waals surface area contributed by atoms with Gasteiger partial charge in [0.15, 0.2) is 0 Å². The highest BCUT2D eigenvalue weighted by Crippen LogP contribution is 2.33. The first-order chi connectivity index (χ1) is 11.7. The van der Waals surface area contributed by atoms with Gasteiger partial charge in [-0.25, -0.2) is 0 Å². The van der Waals surface area contributed by atoms with Crippen LogP contribution >= 0.6 is 0 Å². The van der Waals surface area contributed by atoms with Crippen LogP contribution in [0.15, 0.2) is 30.3 Å². The van der Waals surface area contributed by atoms with Crippen molar-refractivity contribution in [2.45, 2.75) is 58.0 Å². The predicted octanol–water partition coefficient (Wildman–Crippen LogP) is 3.22. The monoisotopic (exact) mass is 328 g/mol. The van der Waals surface area contributed by atoms with Crippen LogP contribution in [-0.4, -0.2) is 40.7 Å². The average molecular weight is 328 g/mol. The fraction of sp³-hybridized carbons (Fsp3) is 0.600. The maximum Gasteiger partial charge on any atom is 0.224 e. The summed E-state index contributed by atoms with van der Waals surface area (Å²) in [5.41, 5.74) is 1.15. The molecule has 1 aliphatic heterocycles. The number of carbonyl (C=O) groups excluding carboxylic acids is 2. The SMILES string of the molecule is CC[C@H]1CN(C(=O)CCC2CC2)CCC(=O)N1Cc1ccccc1. The molecule has 1 saturated heterocycles. The third kappa shape index (κ3) is 4.37. The zero-order valence-electron chi connectivity index (χ0n) is 14.6. The molecule has 130 valence electrons. The minimum atomic E-state index is 0.116. The Morgan fingerprint density at radius 3 is 2.62 bits per heavy atom. The lowest BCUT2D eigenvalue weighted by Gasteiger charge is -2.31. The van der Waals surface area contributed by atoms with E-state index < -0.39 is 0 Å². The first-order valence-electron chi connectivity index (χ1n) is 9.28. The van der Waals surface area contributed by atoms with E-state index in [1.54, 1.807) is 0 Å². The molecule has 0 aromatic heterocycles. The zero-order valence-corrected chi connectivity index (χ0v) is 14.6. The number of carbonyl (C=O) groups is 2. The van der Waals surface area contributed by atoms with Crippen LogP contribution < -0.4 is 0 Å². The maximum absolute atomic E-state index is 12.6. The van der Waals surface area contributed by atoms with Crippen molar-refractivity contribution in [2.75, 3.05) is 13.1 Å². The second-order valence-corrected chi connectivity index (χ2v) is 7.14. The number of hydrogen-bond acceptors (Lipinski definition) is 2. The van der Waals surface area contributed by atoms with Gasteiger partial charge in [-0.15, -0.1) is 0 Å². The van der Waals surface area contributed by atoms with Gasteiger partial charge < -0.3 is 9.80 Å². The van der Waals surface area contributed by atoms with Gasteiger partial charge in [0.2, 0.25) is 11.8 Å². The molecule has 4 heteroatoms. The van der Waals surface area contributed by atoms with E-state index >= 15 is 0 Å². The minimum Gasteiger partial charge on any atom is -0.340 e. The smallest absolute Gasteiger partial charge is 0.224 e. The summed E-state index contributed by atoms with van der Waals surface area (Å²) >= 11 is 0. The molecular weight excluding hydrogens is 300 g/mol. The Bertz CT molecular complexity index is 568. The van der Waals surface area contributed by atoms with Crippen LogP contribution in [0, 0.1) is 5.92 Å². The summed E-state index contributed by atoms with van der Waals surface area (Å²) in [6, 6.07) is 10.2. The Kier molecular flexibility index (Phi) is 5.54. The molecule has 0 unspecified atom stereocenters. The molecule has 24 heavy (non-hydrogen) atoms. The molecule has 1 saturated carbocycles. The molecule has 0 radical (unpaired) electrons. The predicted molar refractivity (Wildman–Crippen MR) is 94.2 cm³/mol. The Labute approximate surface area is 144 Å². The van der Waals surface area contributed by atoms with Crippen molar-refractivity contribution in [2.24, 2.45) is 5.92 Å². The molecule has 0 bridgehead atoms. The van der Waals surface area contributed by atoms with Crippen molar-refractivity contribution in [3.05, 3.63) is 35.9 Å². The van der Waals surface area contributed by atoms with E-state index in [4.69, 9.17) is 0 Å². The fourth-order valence-corrected chi connectivity index (χ4v) is 3.49. The molecule has 1 aromatic carbocycles. The van der Waals surface area contributed by atoms with Crippen molar-refractivity contribution in [1.82, 2.24) is 9.80 Å². The van der Waals surface area contributed by atoms with E-state index in [2.05, 4.69) is 19.1 Å². The topological polar surface area (TPSA) is 40.6 Å². The fourth-order valence-electron chi connectivity index (χ4n) is 3.49. The summed E-state index contributed by atoms with van der Waals surface area (Å²) in [5, 5.41) is 0. The lowest BCUT2D eigenvalue weighted by atomic mass is 10.1. The Morgan fingerprint density at radius 2 is 1.96 bits per heavy atom. The summed E-state index contributed by atoms with van der Waals surface area (Å²) in [7, 11) is 0. The van der Waals surface area contributed by atoms with Gasteiger partial charge in [-0.05, 0) is 24.3 Å². The first kappa shape index (κ1) is 17.0. The lowest BCUT2D eigenvalue weighted by molar-refractivity contribution is -0.133. The third-order valence-corrected chi connectivity index (χ3v) is 5.27. The summed E-state index contributed by atoms with van der Waals surface area (Å²) in [6.45, 7) is 4.00. The van der Waals surface area contributed by atoms with E-state index in [0.717, 1.165) is 24.3 Å². The maximum atomic E-state index is 12.6. The Morgan fingerprint density at radius 1 is 1.21 bits per heavy atom. The highest BCUT2D eigenvalue weighted by atomic mass is 16.2. The van der Waals surface area contributed by atoms with Gasteiger partial charge in [0.05, 0.1) is 0 Å². The van der Waals surface area contributed by atoms with Crippen LogP contribution in [0.1, 0.15) is 51.0 Å². The van der Waals surface area contributed by atoms with E-state index in [1.165, 1.54) is 12.8 Å². The summed E-state index contributed by atoms with van der Waals surface area (Å²) in [5.74, 6) is 1.18. The van der Waals surface area contributed by atoms with Crippen molar-refractivity contribution in [3.63, 3.8) is 0 Å². The van der Waals surface area contributed by atoms with E-state index in [1.807, 2.05) is 28.0 Å². The van der Waals surface area contributed by atoms with Gasteiger partial charge >= 0.3 is 0 Å². The summed E-state index contributed by atoms with van der Waals surface area (Å²) in [6.07, 6.45) is 5.56. The molecular formula is C20H28N2O2. The first-order valence-corrected chi connectivity index (χ1v) is 9.28. The van der Waals surface area contributed by atoms with Gasteiger partial charge in [0.25, 0.3) is 0 Å². The molecule has 2 fully saturated rings. The van der Waals surface area contributed by atoms with Crippen LogP contribution in [0.3, 0.4) is 0 Å². The molecule has 4 nitrogen and oxygen atoms in total. The Balaban J connectivity index is 1.64. The summed E-state index contributed by atoms with van der Waals surface area (Å²) < 4.78 is 0. The van der Waals surface area contributed by atoms with Crippen molar-refractivity contribution >= 4 is 11.8 Å². The van der Waals surface area contributed by atoms with Crippen LogP contribution in [0.25, 0.3) is 0 Å². The molecule has 1 aromatic rings. The molecule has 0 spiro atoms. The number of nitrogens with zero attached hydrogens (tertiary/aromatic N) is 2. The van der Waals surface area contributed by atoms with E-state index in [9.17, 15) is 9.59 Å². The van der Waals surface area contributed by atoms with Crippen LogP contribution in [-0.2, 0) is 16.1 Å². The minimum absolute atomic E-state index is 0.116. The molecule has 2 amide bonds. The molecule has 2 aliphatic rings. The molecule has 3 rings (SSSR count). The van der Waals surface area contributed by atoms with Crippen LogP contribution in [0.2, 0.25) is 0 Å². The number of amides is 2. The highest BCUT2D eigenvalue weighted by Gasteiger charge is 2.31. The number of hydrogen-bond donors (Lipinski definition) is 0. The Hall–Kier alpha value is -1.84. The molecule has 1 aliphatic carbocycles. The standard InChI is InChI=1S/C20H28N2O2/c1-2-18-15-21(19(23)11-10-16-8-9-16)13-12-20(24)22(18)14-17-6-4-3-5-7-17/h3-7,16,18H,2,8-15H2,1H3/t18-/m0/s1. The van der Waals surface area contributed by atoms with Crippen molar-refractivity contribution in [1.29, 1.82) is 0 Å². The van der Waals surface area contributed by atoms with Gasteiger partial charge in [0.1, 0.15) is 0 Å². The quantitative estimate of drug-likeness (QED) is 0.804. The van der Waals surface area contributed by atoms with Gasteiger partial charge in [0, 0.05) is 38.5 Å². The van der Waals surface area contributed by atoms with E-state index in [-0.39, 0.29) is 17.9 Å².